The molecule has 0 atom stereocenters. The summed E-state index contributed by atoms with van der Waals surface area (Å²) in [5.41, 5.74) is -1.54. The lowest BCUT2D eigenvalue weighted by molar-refractivity contribution is 0.259. The highest BCUT2D eigenvalue weighted by molar-refractivity contribution is 9.10. The van der Waals surface area contributed by atoms with E-state index in [1.54, 1.807) is 24.3 Å². The number of nitrogens with one attached hydrogen (secondary N) is 2. The number of aromatic nitrogens is 2. The average molecular weight is 447 g/mol. The normalized spacial score (nSPS) is 10.9. The highest BCUT2D eigenvalue weighted by atomic mass is 79.9. The quantitative estimate of drug-likeness (QED) is 0.536. The van der Waals surface area contributed by atoms with Crippen LogP contribution in [0.25, 0.3) is 5.69 Å². The van der Waals surface area contributed by atoms with Gasteiger partial charge in [-0.05, 0) is 48.5 Å². The maximum Gasteiger partial charge on any atom is 0.345 e. The predicted octanol–water partition coefficient (Wildman–Crippen LogP) is 2.78. The number of nitrogens with zero attached hydrogens (tertiary/aromatic N) is 2. The Balaban J connectivity index is 1.92. The maximum absolute atomic E-state index is 12.9. The summed E-state index contributed by atoms with van der Waals surface area (Å²) in [5, 5.41) is 12.7. The Labute approximate surface area is 165 Å². The Bertz CT molecular complexity index is 1170. The van der Waals surface area contributed by atoms with Crippen molar-refractivity contribution in [1.82, 2.24) is 9.55 Å². The molecule has 28 heavy (non-hydrogen) atoms. The van der Waals surface area contributed by atoms with Crippen LogP contribution in [0.4, 0.5) is 14.9 Å². The molecule has 3 rings (SSSR count). The molecular weight excluding hydrogens is 435 g/mol. The van der Waals surface area contributed by atoms with Crippen LogP contribution in [0.2, 0.25) is 0 Å². The molecule has 2 aromatic carbocycles. The second-order valence-electron chi connectivity index (χ2n) is 5.50. The van der Waals surface area contributed by atoms with Crippen molar-refractivity contribution in [3.8, 4) is 11.6 Å². The van der Waals surface area contributed by atoms with E-state index in [0.29, 0.717) is 11.4 Å². The second kappa shape index (κ2) is 8.01. The van der Waals surface area contributed by atoms with Crippen LogP contribution in [0.1, 0.15) is 5.56 Å². The Morgan fingerprint density at radius 3 is 2.43 bits per heavy atom. The number of anilines is 1. The lowest BCUT2D eigenvalue weighted by Gasteiger charge is -2.09. The van der Waals surface area contributed by atoms with Crippen molar-refractivity contribution in [2.75, 3.05) is 5.32 Å². The summed E-state index contributed by atoms with van der Waals surface area (Å²) in [6.45, 7) is 0. The summed E-state index contributed by atoms with van der Waals surface area (Å²) in [6, 6.07) is 10.5. The third-order valence-electron chi connectivity index (χ3n) is 3.61. The maximum atomic E-state index is 12.9. The van der Waals surface area contributed by atoms with E-state index in [1.165, 1.54) is 12.1 Å². The molecule has 0 aliphatic rings. The summed E-state index contributed by atoms with van der Waals surface area (Å²) in [7, 11) is 0. The minimum atomic E-state index is -0.908. The number of hydrogen-bond acceptors (Lipinski definition) is 4. The molecule has 0 aliphatic heterocycles. The predicted molar refractivity (Wildman–Crippen MR) is 105 cm³/mol. The van der Waals surface area contributed by atoms with E-state index in [0.717, 1.165) is 27.4 Å². The zero-order valence-electron chi connectivity index (χ0n) is 14.0. The van der Waals surface area contributed by atoms with Gasteiger partial charge in [0.25, 0.3) is 5.56 Å². The monoisotopic (exact) mass is 446 g/mol. The van der Waals surface area contributed by atoms with Gasteiger partial charge >= 0.3 is 11.7 Å². The standard InChI is InChI=1S/C18H12BrFN4O4/c19-10-1-7-13(8-2-10)24-16(26)14(15(25)23-18(24)28)9-21-17(27)22-12-5-3-11(20)4-6-12/h1-9,26H,(H,22,27)(H,23,25,28). The molecule has 3 aromatic rings. The van der Waals surface area contributed by atoms with Gasteiger partial charge in [0, 0.05) is 10.2 Å². The van der Waals surface area contributed by atoms with E-state index in [2.05, 4.69) is 31.2 Å². The molecule has 1 aromatic heterocycles. The number of halogens is 2. The number of benzene rings is 2. The number of aromatic hydroxyl groups is 1. The summed E-state index contributed by atoms with van der Waals surface area (Å²) in [4.78, 5) is 41.6. The first-order chi connectivity index (χ1) is 13.3. The van der Waals surface area contributed by atoms with Crippen LogP contribution in [0.3, 0.4) is 0 Å². The molecule has 142 valence electrons. The largest absolute Gasteiger partial charge is 0.493 e. The van der Waals surface area contributed by atoms with Crippen LogP contribution in [0.5, 0.6) is 5.88 Å². The number of carbonyl (C=O) groups excluding carboxylic acids is 1. The molecule has 10 heteroatoms. The molecule has 0 unspecified atom stereocenters. The minimum Gasteiger partial charge on any atom is -0.493 e. The first kappa shape index (κ1) is 19.2. The lowest BCUT2D eigenvalue weighted by atomic mass is 10.3. The Hall–Kier alpha value is -3.53. The highest BCUT2D eigenvalue weighted by Crippen LogP contribution is 2.18. The van der Waals surface area contributed by atoms with Crippen LogP contribution in [0, 0.1) is 5.82 Å². The number of amides is 2. The summed E-state index contributed by atoms with van der Waals surface area (Å²) >= 11 is 3.26. The Morgan fingerprint density at radius 2 is 1.79 bits per heavy atom. The van der Waals surface area contributed by atoms with Gasteiger partial charge in [-0.2, -0.15) is 0 Å². The van der Waals surface area contributed by atoms with Crippen molar-refractivity contribution in [3.63, 3.8) is 0 Å². The number of H-pyrrole nitrogens is 1. The summed E-state index contributed by atoms with van der Waals surface area (Å²) in [6.07, 6.45) is 0.835. The molecule has 3 N–H and O–H groups in total. The molecule has 0 radical (unpaired) electrons. The third-order valence-corrected chi connectivity index (χ3v) is 4.14. The fourth-order valence-corrected chi connectivity index (χ4v) is 2.56. The molecule has 2 amide bonds. The number of urea groups is 1. The van der Waals surface area contributed by atoms with Crippen molar-refractivity contribution in [1.29, 1.82) is 0 Å². The number of carbonyl (C=O) groups is 1. The first-order valence-electron chi connectivity index (χ1n) is 7.80. The van der Waals surface area contributed by atoms with Crippen molar-refractivity contribution in [2.45, 2.75) is 0 Å². The molecule has 0 spiro atoms. The van der Waals surface area contributed by atoms with Gasteiger partial charge in [-0.3, -0.25) is 9.78 Å². The van der Waals surface area contributed by atoms with E-state index >= 15 is 0 Å². The average Bonchev–Trinajstić information content (AvgIpc) is 2.64. The van der Waals surface area contributed by atoms with Gasteiger partial charge in [0.05, 0.1) is 11.9 Å². The van der Waals surface area contributed by atoms with Crippen LogP contribution in [-0.2, 0) is 0 Å². The lowest BCUT2D eigenvalue weighted by Crippen LogP contribution is -2.31. The van der Waals surface area contributed by atoms with Gasteiger partial charge < -0.3 is 10.4 Å². The van der Waals surface area contributed by atoms with E-state index in [9.17, 15) is 23.9 Å². The van der Waals surface area contributed by atoms with Crippen LogP contribution in [0.15, 0.2) is 67.6 Å². The number of aliphatic imine (C=N–C) groups is 1. The molecule has 8 nitrogen and oxygen atoms in total. The fraction of sp³-hybridized carbons (Fsp3) is 0. The van der Waals surface area contributed by atoms with Crippen molar-refractivity contribution in [3.05, 3.63) is 85.2 Å². The van der Waals surface area contributed by atoms with Crippen LogP contribution >= 0.6 is 15.9 Å². The topological polar surface area (TPSA) is 117 Å². The zero-order valence-corrected chi connectivity index (χ0v) is 15.6. The van der Waals surface area contributed by atoms with Gasteiger partial charge in [-0.15, -0.1) is 0 Å². The SMILES string of the molecule is O=C(N=Cc1c(O)n(-c2ccc(Br)cc2)c(=O)[nH]c1=O)Nc1ccc(F)cc1. The van der Waals surface area contributed by atoms with Gasteiger partial charge in [-0.25, -0.2) is 23.5 Å². The molecule has 0 aliphatic carbocycles. The molecular formula is C18H12BrFN4O4. The van der Waals surface area contributed by atoms with Gasteiger partial charge in [0.2, 0.25) is 5.88 Å². The third kappa shape index (κ3) is 4.23. The second-order valence-corrected chi connectivity index (χ2v) is 6.42. The fourth-order valence-electron chi connectivity index (χ4n) is 2.30. The van der Waals surface area contributed by atoms with Crippen molar-refractivity contribution in [2.24, 2.45) is 4.99 Å². The van der Waals surface area contributed by atoms with Gasteiger partial charge in [-0.1, -0.05) is 15.9 Å². The van der Waals surface area contributed by atoms with E-state index in [1.807, 2.05) is 0 Å². The molecule has 0 bridgehead atoms. The van der Waals surface area contributed by atoms with E-state index in [4.69, 9.17) is 0 Å². The molecule has 0 saturated heterocycles. The summed E-state index contributed by atoms with van der Waals surface area (Å²) < 4.78 is 14.5. The van der Waals surface area contributed by atoms with E-state index < -0.39 is 29.0 Å². The smallest absolute Gasteiger partial charge is 0.345 e. The van der Waals surface area contributed by atoms with E-state index in [-0.39, 0.29) is 5.56 Å². The van der Waals surface area contributed by atoms with Crippen LogP contribution in [-0.4, -0.2) is 26.9 Å². The number of hydrogen-bond donors (Lipinski definition) is 3. The molecule has 0 saturated carbocycles. The minimum absolute atomic E-state index is 0.293. The van der Waals surface area contributed by atoms with Crippen LogP contribution < -0.4 is 16.6 Å². The Kier molecular flexibility index (Phi) is 5.50. The summed E-state index contributed by atoms with van der Waals surface area (Å²) in [5.74, 6) is -1.14. The molecule has 0 fully saturated rings. The number of aromatic amines is 1. The van der Waals surface area contributed by atoms with Crippen molar-refractivity contribution < 1.29 is 14.3 Å². The van der Waals surface area contributed by atoms with Gasteiger partial charge in [0.1, 0.15) is 11.4 Å². The molecule has 1 heterocycles. The zero-order chi connectivity index (χ0) is 20.3. The first-order valence-corrected chi connectivity index (χ1v) is 8.59. The van der Waals surface area contributed by atoms with Crippen molar-refractivity contribution >= 4 is 33.9 Å². The van der Waals surface area contributed by atoms with Gasteiger partial charge in [0.15, 0.2) is 0 Å². The number of rotatable bonds is 3. The highest BCUT2D eigenvalue weighted by Gasteiger charge is 2.14. The Morgan fingerprint density at radius 1 is 1.14 bits per heavy atom.